The minimum atomic E-state index is -0.345. The molecule has 0 aliphatic carbocycles. The Bertz CT molecular complexity index is 323. The Labute approximate surface area is 89.9 Å². The molecule has 1 saturated heterocycles. The third-order valence-corrected chi connectivity index (χ3v) is 1.93. The lowest BCUT2D eigenvalue weighted by molar-refractivity contribution is -0.118. The summed E-state index contributed by atoms with van der Waals surface area (Å²) >= 11 is 0. The number of amides is 1. The van der Waals surface area contributed by atoms with Gasteiger partial charge in [0, 0.05) is 12.0 Å². The molecule has 1 N–H and O–H groups in total. The second kappa shape index (κ2) is 4.35. The van der Waals surface area contributed by atoms with Crippen molar-refractivity contribution >= 4 is 5.91 Å². The van der Waals surface area contributed by atoms with E-state index in [1.165, 1.54) is 0 Å². The fourth-order valence-electron chi connectivity index (χ4n) is 1.34. The highest BCUT2D eigenvalue weighted by atomic mass is 16.5. The molecule has 0 aromatic rings. The van der Waals surface area contributed by atoms with Crippen LogP contribution in [0.4, 0.5) is 0 Å². The van der Waals surface area contributed by atoms with Gasteiger partial charge in [-0.15, -0.1) is 0 Å². The molecule has 4 nitrogen and oxygen atoms in total. The Hall–Kier alpha value is -1.50. The molecule has 0 unspecified atom stereocenters. The molecule has 0 aromatic carbocycles. The van der Waals surface area contributed by atoms with Gasteiger partial charge in [-0.05, 0) is 27.2 Å². The number of hydrogen-bond donors (Lipinski definition) is 1. The molecule has 1 aliphatic heterocycles. The quantitative estimate of drug-likeness (QED) is 0.524. The van der Waals surface area contributed by atoms with Crippen molar-refractivity contribution in [2.24, 2.45) is 0 Å². The van der Waals surface area contributed by atoms with E-state index >= 15 is 0 Å². The van der Waals surface area contributed by atoms with Gasteiger partial charge in [0.25, 0.3) is 5.91 Å². The van der Waals surface area contributed by atoms with Crippen LogP contribution in [0.15, 0.2) is 11.3 Å². The number of ether oxygens (including phenoxy) is 1. The molecule has 4 heteroatoms. The van der Waals surface area contributed by atoms with Crippen LogP contribution in [-0.2, 0) is 9.53 Å². The summed E-state index contributed by atoms with van der Waals surface area (Å²) in [7, 11) is 0. The average Bonchev–Trinajstić information content (AvgIpc) is 2.54. The second-order valence-corrected chi connectivity index (χ2v) is 4.57. The van der Waals surface area contributed by atoms with Crippen molar-refractivity contribution in [2.75, 3.05) is 6.61 Å². The van der Waals surface area contributed by atoms with E-state index in [1.807, 2.05) is 26.8 Å². The molecule has 1 heterocycles. The van der Waals surface area contributed by atoms with E-state index in [2.05, 4.69) is 5.32 Å². The molecule has 1 amide bonds. The molecule has 0 radical (unpaired) electrons. The molecule has 0 saturated carbocycles. The van der Waals surface area contributed by atoms with Crippen LogP contribution in [0.5, 0.6) is 0 Å². The smallest absolute Gasteiger partial charge is 0.265 e. The first-order valence-corrected chi connectivity index (χ1v) is 5.02. The van der Waals surface area contributed by atoms with Crippen molar-refractivity contribution in [3.8, 4) is 6.07 Å². The highest BCUT2D eigenvalue weighted by molar-refractivity contribution is 5.98. The van der Waals surface area contributed by atoms with Crippen LogP contribution in [0.1, 0.15) is 33.6 Å². The van der Waals surface area contributed by atoms with Gasteiger partial charge in [-0.2, -0.15) is 5.26 Å². The molecule has 1 rings (SSSR count). The van der Waals surface area contributed by atoms with Gasteiger partial charge in [-0.1, -0.05) is 0 Å². The SMILES string of the molecule is CC(C)(C)NC(=O)/C(C#N)=C1\CCCO1. The number of carbonyl (C=O) groups excluding carboxylic acids is 1. The summed E-state index contributed by atoms with van der Waals surface area (Å²) in [6.45, 7) is 6.23. The lowest BCUT2D eigenvalue weighted by Gasteiger charge is -2.20. The maximum Gasteiger partial charge on any atom is 0.265 e. The minimum Gasteiger partial charge on any atom is -0.496 e. The number of allylic oxidation sites excluding steroid dienone is 1. The number of nitrogens with zero attached hydrogens (tertiary/aromatic N) is 1. The predicted molar refractivity (Wildman–Crippen MR) is 55.7 cm³/mol. The van der Waals surface area contributed by atoms with E-state index in [0.717, 1.165) is 6.42 Å². The summed E-state index contributed by atoms with van der Waals surface area (Å²) in [4.78, 5) is 11.7. The molecule has 15 heavy (non-hydrogen) atoms. The zero-order valence-electron chi connectivity index (χ0n) is 9.39. The van der Waals surface area contributed by atoms with Gasteiger partial charge in [0.2, 0.25) is 0 Å². The fourth-order valence-corrected chi connectivity index (χ4v) is 1.34. The van der Waals surface area contributed by atoms with Gasteiger partial charge in [-0.3, -0.25) is 4.79 Å². The molecular formula is C11H16N2O2. The molecule has 1 aliphatic rings. The first-order chi connectivity index (χ1) is 6.94. The summed E-state index contributed by atoms with van der Waals surface area (Å²) in [6, 6.07) is 1.91. The molecule has 1 fully saturated rings. The van der Waals surface area contributed by atoms with Crippen molar-refractivity contribution in [3.63, 3.8) is 0 Å². The Kier molecular flexibility index (Phi) is 3.35. The van der Waals surface area contributed by atoms with E-state index in [9.17, 15) is 4.79 Å². The van der Waals surface area contributed by atoms with Crippen molar-refractivity contribution < 1.29 is 9.53 Å². The molecule has 0 atom stereocenters. The van der Waals surface area contributed by atoms with Crippen LogP contribution < -0.4 is 5.32 Å². The van der Waals surface area contributed by atoms with Crippen molar-refractivity contribution in [3.05, 3.63) is 11.3 Å². The predicted octanol–water partition coefficient (Wildman–Crippen LogP) is 1.49. The molecule has 0 spiro atoms. The van der Waals surface area contributed by atoms with Gasteiger partial charge < -0.3 is 10.1 Å². The average molecular weight is 208 g/mol. The largest absolute Gasteiger partial charge is 0.496 e. The Balaban J connectivity index is 2.81. The Morgan fingerprint density at radius 1 is 1.53 bits per heavy atom. The van der Waals surface area contributed by atoms with E-state index in [0.29, 0.717) is 18.8 Å². The number of carbonyl (C=O) groups is 1. The van der Waals surface area contributed by atoms with Gasteiger partial charge >= 0.3 is 0 Å². The van der Waals surface area contributed by atoms with Crippen molar-refractivity contribution in [1.29, 1.82) is 5.26 Å². The number of nitriles is 1. The fraction of sp³-hybridized carbons (Fsp3) is 0.636. The monoisotopic (exact) mass is 208 g/mol. The molecular weight excluding hydrogens is 192 g/mol. The van der Waals surface area contributed by atoms with Gasteiger partial charge in [0.05, 0.1) is 6.61 Å². The summed E-state index contributed by atoms with van der Waals surface area (Å²) in [5.74, 6) is 0.182. The van der Waals surface area contributed by atoms with Gasteiger partial charge in [0.15, 0.2) is 5.57 Å². The van der Waals surface area contributed by atoms with Gasteiger partial charge in [0.1, 0.15) is 11.8 Å². The highest BCUT2D eigenvalue weighted by Gasteiger charge is 2.23. The van der Waals surface area contributed by atoms with Crippen LogP contribution in [0.2, 0.25) is 0 Å². The summed E-state index contributed by atoms with van der Waals surface area (Å²) < 4.78 is 5.24. The van der Waals surface area contributed by atoms with E-state index < -0.39 is 0 Å². The third kappa shape index (κ3) is 3.28. The standard InChI is InChI=1S/C11H16N2O2/c1-11(2,3)13-10(14)8(7-12)9-5-4-6-15-9/h4-6H2,1-3H3,(H,13,14)/b9-8+. The van der Waals surface area contributed by atoms with Crippen LogP contribution in [-0.4, -0.2) is 18.1 Å². The van der Waals surface area contributed by atoms with Crippen LogP contribution in [0, 0.1) is 11.3 Å². The maximum absolute atomic E-state index is 11.7. The lowest BCUT2D eigenvalue weighted by Crippen LogP contribution is -2.41. The summed E-state index contributed by atoms with van der Waals surface area (Å²) in [5, 5.41) is 11.7. The zero-order valence-corrected chi connectivity index (χ0v) is 9.39. The number of nitrogens with one attached hydrogen (secondary N) is 1. The highest BCUT2D eigenvalue weighted by Crippen LogP contribution is 2.20. The molecule has 0 aromatic heterocycles. The number of rotatable bonds is 1. The number of hydrogen-bond acceptors (Lipinski definition) is 3. The van der Waals surface area contributed by atoms with Crippen LogP contribution >= 0.6 is 0 Å². The second-order valence-electron chi connectivity index (χ2n) is 4.57. The van der Waals surface area contributed by atoms with E-state index in [4.69, 9.17) is 10.00 Å². The molecule has 0 bridgehead atoms. The van der Waals surface area contributed by atoms with Crippen LogP contribution in [0.25, 0.3) is 0 Å². The first kappa shape index (κ1) is 11.6. The summed E-state index contributed by atoms with van der Waals surface area (Å²) in [6.07, 6.45) is 1.56. The topological polar surface area (TPSA) is 62.1 Å². The maximum atomic E-state index is 11.7. The van der Waals surface area contributed by atoms with Crippen molar-refractivity contribution in [1.82, 2.24) is 5.32 Å². The van der Waals surface area contributed by atoms with E-state index in [1.54, 1.807) is 0 Å². The van der Waals surface area contributed by atoms with E-state index in [-0.39, 0.29) is 17.0 Å². The first-order valence-electron chi connectivity index (χ1n) is 5.02. The van der Waals surface area contributed by atoms with Gasteiger partial charge in [-0.25, -0.2) is 0 Å². The van der Waals surface area contributed by atoms with Crippen LogP contribution in [0.3, 0.4) is 0 Å². The Morgan fingerprint density at radius 2 is 2.20 bits per heavy atom. The minimum absolute atomic E-state index is 0.113. The zero-order chi connectivity index (χ0) is 11.5. The third-order valence-electron chi connectivity index (χ3n) is 1.93. The summed E-state index contributed by atoms with van der Waals surface area (Å²) in [5.41, 5.74) is -0.222. The normalized spacial score (nSPS) is 19.1. The molecule has 82 valence electrons. The van der Waals surface area contributed by atoms with Crippen molar-refractivity contribution in [2.45, 2.75) is 39.2 Å². The Morgan fingerprint density at radius 3 is 2.60 bits per heavy atom. The lowest BCUT2D eigenvalue weighted by atomic mass is 10.1.